The lowest BCUT2D eigenvalue weighted by atomic mass is 9.74. The molecule has 6 nitrogen and oxygen atoms in total. The molecular formula is C24H25FN2O4S2. The zero-order valence-electron chi connectivity index (χ0n) is 17.9. The van der Waals surface area contributed by atoms with Gasteiger partial charge in [-0.2, -0.15) is 0 Å². The van der Waals surface area contributed by atoms with Crippen molar-refractivity contribution in [2.45, 2.75) is 28.9 Å². The fraction of sp³-hybridized carbons (Fsp3) is 0.292. The van der Waals surface area contributed by atoms with Crippen molar-refractivity contribution in [2.24, 2.45) is 0 Å². The van der Waals surface area contributed by atoms with Crippen molar-refractivity contribution < 1.29 is 22.3 Å². The van der Waals surface area contributed by atoms with E-state index in [0.29, 0.717) is 38.3 Å². The maximum atomic E-state index is 13.8. The van der Waals surface area contributed by atoms with Crippen LogP contribution in [0.15, 0.2) is 70.3 Å². The molecule has 0 radical (unpaired) electrons. The summed E-state index contributed by atoms with van der Waals surface area (Å²) >= 11 is 1.14. The number of ether oxygens (including phenoxy) is 1. The fourth-order valence-electron chi connectivity index (χ4n) is 3.98. The molecule has 2 heterocycles. The Labute approximate surface area is 196 Å². The predicted molar refractivity (Wildman–Crippen MR) is 126 cm³/mol. The number of anilines is 1. The van der Waals surface area contributed by atoms with Crippen molar-refractivity contribution in [3.8, 4) is 0 Å². The highest BCUT2D eigenvalue weighted by Crippen LogP contribution is 2.34. The van der Waals surface area contributed by atoms with Crippen molar-refractivity contribution in [2.75, 3.05) is 24.5 Å². The Morgan fingerprint density at radius 3 is 2.48 bits per heavy atom. The van der Waals surface area contributed by atoms with E-state index in [-0.39, 0.29) is 27.8 Å². The summed E-state index contributed by atoms with van der Waals surface area (Å²) in [6, 6.07) is 16.5. The molecule has 0 bridgehead atoms. The van der Waals surface area contributed by atoms with Gasteiger partial charge in [0, 0.05) is 30.9 Å². The molecule has 2 N–H and O–H groups in total. The van der Waals surface area contributed by atoms with Gasteiger partial charge in [0.05, 0.1) is 6.42 Å². The van der Waals surface area contributed by atoms with E-state index in [9.17, 15) is 17.6 Å². The molecule has 2 aromatic carbocycles. The summed E-state index contributed by atoms with van der Waals surface area (Å²) < 4.78 is 46.8. The van der Waals surface area contributed by atoms with Crippen LogP contribution in [0.1, 0.15) is 24.0 Å². The molecule has 1 aliphatic rings. The van der Waals surface area contributed by atoms with E-state index in [1.807, 2.05) is 6.07 Å². The lowest BCUT2D eigenvalue weighted by molar-refractivity contribution is -0.120. The third-order valence-corrected chi connectivity index (χ3v) is 8.62. The first-order valence-electron chi connectivity index (χ1n) is 10.6. The average Bonchev–Trinajstić information content (AvgIpc) is 3.36. The van der Waals surface area contributed by atoms with Gasteiger partial charge in [-0.25, -0.2) is 12.8 Å². The van der Waals surface area contributed by atoms with Crippen molar-refractivity contribution in [3.63, 3.8) is 0 Å². The number of hydrogen-bond acceptors (Lipinski definition) is 5. The summed E-state index contributed by atoms with van der Waals surface area (Å²) in [7, 11) is -3.61. The van der Waals surface area contributed by atoms with E-state index in [1.165, 1.54) is 12.1 Å². The number of thiophene rings is 1. The van der Waals surface area contributed by atoms with Gasteiger partial charge >= 0.3 is 0 Å². The van der Waals surface area contributed by atoms with Gasteiger partial charge in [0.15, 0.2) is 0 Å². The maximum absolute atomic E-state index is 13.8. The number of carbonyl (C=O) groups excluding carboxylic acids is 1. The molecule has 174 valence electrons. The SMILES string of the molecule is O=C(Cc1ccc(NS(=O)(=O)c2cccs2)cc1)NCC1(c2cccc(F)c2)CCOCC1. The maximum Gasteiger partial charge on any atom is 0.271 e. The Bertz CT molecular complexity index is 1190. The number of amides is 1. The van der Waals surface area contributed by atoms with Gasteiger partial charge in [0.2, 0.25) is 5.91 Å². The Morgan fingerprint density at radius 2 is 1.82 bits per heavy atom. The number of hydrogen-bond donors (Lipinski definition) is 2. The summed E-state index contributed by atoms with van der Waals surface area (Å²) in [4.78, 5) is 12.6. The summed E-state index contributed by atoms with van der Waals surface area (Å²) in [6.07, 6.45) is 1.57. The normalized spacial score (nSPS) is 15.7. The van der Waals surface area contributed by atoms with Gasteiger partial charge in [-0.05, 0) is 59.7 Å². The highest BCUT2D eigenvalue weighted by molar-refractivity contribution is 7.94. The largest absolute Gasteiger partial charge is 0.381 e. The molecular weight excluding hydrogens is 463 g/mol. The van der Waals surface area contributed by atoms with Gasteiger partial charge < -0.3 is 10.1 Å². The number of benzene rings is 2. The molecule has 0 aliphatic carbocycles. The van der Waals surface area contributed by atoms with Crippen LogP contribution < -0.4 is 10.0 Å². The third-order valence-electron chi connectivity index (χ3n) is 5.84. The van der Waals surface area contributed by atoms with E-state index in [1.54, 1.807) is 47.8 Å². The Morgan fingerprint density at radius 1 is 1.06 bits per heavy atom. The first kappa shape index (κ1) is 23.4. The van der Waals surface area contributed by atoms with Crippen molar-refractivity contribution >= 4 is 33.0 Å². The van der Waals surface area contributed by atoms with Crippen LogP contribution in [0.4, 0.5) is 10.1 Å². The van der Waals surface area contributed by atoms with Crippen LogP contribution in [0.2, 0.25) is 0 Å². The Kier molecular flexibility index (Phi) is 7.11. The summed E-state index contributed by atoms with van der Waals surface area (Å²) in [5, 5.41) is 4.71. The third kappa shape index (κ3) is 5.79. The molecule has 0 atom stereocenters. The lowest BCUT2D eigenvalue weighted by Crippen LogP contribution is -2.45. The van der Waals surface area contributed by atoms with Crippen LogP contribution in [0.25, 0.3) is 0 Å². The molecule has 1 aliphatic heterocycles. The van der Waals surface area contributed by atoms with E-state index in [4.69, 9.17) is 4.74 Å². The monoisotopic (exact) mass is 488 g/mol. The molecule has 1 aromatic heterocycles. The second kappa shape index (κ2) is 10.0. The van der Waals surface area contributed by atoms with E-state index >= 15 is 0 Å². The highest BCUT2D eigenvalue weighted by Gasteiger charge is 2.35. The minimum Gasteiger partial charge on any atom is -0.381 e. The van der Waals surface area contributed by atoms with E-state index in [0.717, 1.165) is 22.5 Å². The molecule has 0 unspecified atom stereocenters. The number of halogens is 1. The molecule has 0 spiro atoms. The van der Waals surface area contributed by atoms with Gasteiger partial charge in [-0.15, -0.1) is 11.3 Å². The van der Waals surface area contributed by atoms with E-state index < -0.39 is 10.0 Å². The van der Waals surface area contributed by atoms with Crippen molar-refractivity contribution in [1.82, 2.24) is 5.32 Å². The van der Waals surface area contributed by atoms with Gasteiger partial charge in [-0.3, -0.25) is 9.52 Å². The van der Waals surface area contributed by atoms with Gasteiger partial charge in [-0.1, -0.05) is 30.3 Å². The van der Waals surface area contributed by atoms with Gasteiger partial charge in [0.1, 0.15) is 10.0 Å². The minimum absolute atomic E-state index is 0.149. The van der Waals surface area contributed by atoms with Crippen LogP contribution >= 0.6 is 11.3 Å². The number of rotatable bonds is 8. The van der Waals surface area contributed by atoms with Crippen molar-refractivity contribution in [3.05, 3.63) is 83.0 Å². The quantitative estimate of drug-likeness (QED) is 0.500. The number of carbonyl (C=O) groups is 1. The summed E-state index contributed by atoms with van der Waals surface area (Å²) in [6.45, 7) is 1.53. The van der Waals surface area contributed by atoms with Crippen LogP contribution in [-0.2, 0) is 31.4 Å². The van der Waals surface area contributed by atoms with E-state index in [2.05, 4.69) is 10.0 Å². The second-order valence-corrected chi connectivity index (χ2v) is 10.9. The van der Waals surface area contributed by atoms with Crippen LogP contribution in [0, 0.1) is 5.82 Å². The number of sulfonamides is 1. The smallest absolute Gasteiger partial charge is 0.271 e. The zero-order chi connectivity index (χ0) is 23.3. The van der Waals surface area contributed by atoms with Crippen LogP contribution in [0.3, 0.4) is 0 Å². The summed E-state index contributed by atoms with van der Waals surface area (Å²) in [5.41, 5.74) is 1.70. The predicted octanol–water partition coefficient (Wildman–Crippen LogP) is 4.10. The van der Waals surface area contributed by atoms with Crippen LogP contribution in [-0.4, -0.2) is 34.1 Å². The molecule has 0 saturated carbocycles. The Balaban J connectivity index is 1.37. The molecule has 1 fully saturated rings. The lowest BCUT2D eigenvalue weighted by Gasteiger charge is -2.38. The average molecular weight is 489 g/mol. The van der Waals surface area contributed by atoms with Gasteiger partial charge in [0.25, 0.3) is 10.0 Å². The molecule has 33 heavy (non-hydrogen) atoms. The zero-order valence-corrected chi connectivity index (χ0v) is 19.6. The molecule has 9 heteroatoms. The Hall–Kier alpha value is -2.75. The first-order valence-corrected chi connectivity index (χ1v) is 13.0. The molecule has 4 rings (SSSR count). The molecule has 1 saturated heterocycles. The standard InChI is InChI=1S/C24H25FN2O4S2/c25-20-4-1-3-19(16-20)24(10-12-31-13-11-24)17-26-22(28)15-18-6-8-21(9-7-18)27-33(29,30)23-5-2-14-32-23/h1-9,14,16,27H,10-13,15,17H2,(H,26,28). The van der Waals surface area contributed by atoms with Crippen molar-refractivity contribution in [1.29, 1.82) is 0 Å². The summed E-state index contributed by atoms with van der Waals surface area (Å²) in [5.74, 6) is -0.441. The number of nitrogens with one attached hydrogen (secondary N) is 2. The second-order valence-electron chi connectivity index (χ2n) is 8.09. The molecule has 1 amide bonds. The topological polar surface area (TPSA) is 84.5 Å². The minimum atomic E-state index is -3.61. The molecule has 3 aromatic rings. The fourth-order valence-corrected chi connectivity index (χ4v) is 6.03. The van der Waals surface area contributed by atoms with Crippen LogP contribution in [0.5, 0.6) is 0 Å². The highest BCUT2D eigenvalue weighted by atomic mass is 32.2. The first-order chi connectivity index (χ1) is 15.9.